The number of nitrogens with zero attached hydrogens (tertiary/aromatic N) is 2. The normalized spacial score (nSPS) is 11.5. The van der Waals surface area contributed by atoms with Gasteiger partial charge in [0.15, 0.2) is 0 Å². The molecular weight excluding hydrogens is 244 g/mol. The van der Waals surface area contributed by atoms with Gasteiger partial charge in [-0.05, 0) is 11.6 Å². The summed E-state index contributed by atoms with van der Waals surface area (Å²) in [5, 5.41) is -0.943. The third kappa shape index (κ3) is 2.33. The molecule has 0 aliphatic rings. The van der Waals surface area contributed by atoms with Gasteiger partial charge in [0.2, 0.25) is 5.28 Å². The van der Waals surface area contributed by atoms with Crippen molar-refractivity contribution >= 4 is 29.0 Å². The molecule has 0 spiro atoms. The smallest absolute Gasteiger partial charge is 0.284 e. The van der Waals surface area contributed by atoms with Crippen molar-refractivity contribution in [2.75, 3.05) is 0 Å². The lowest BCUT2D eigenvalue weighted by Crippen LogP contribution is -2.23. The summed E-state index contributed by atoms with van der Waals surface area (Å²) < 4.78 is 35.8. The molecule has 1 aromatic heterocycles. The van der Waals surface area contributed by atoms with Crippen LogP contribution in [0.3, 0.4) is 0 Å². The fourth-order valence-corrected chi connectivity index (χ4v) is 1.04. The van der Waals surface area contributed by atoms with Crippen LogP contribution >= 0.6 is 23.2 Å². The summed E-state index contributed by atoms with van der Waals surface area (Å²) >= 11 is 10.5. The first kappa shape index (κ1) is 11.2. The average Bonchev–Trinajstić information content (AvgIpc) is 2.01. The third-order valence-electron chi connectivity index (χ3n) is 1.21. The van der Waals surface area contributed by atoms with Crippen LogP contribution in [-0.2, 0) is 0 Å². The number of halogens is 5. The van der Waals surface area contributed by atoms with E-state index in [1.807, 2.05) is 0 Å². The van der Waals surface area contributed by atoms with Gasteiger partial charge in [0.25, 0.3) is 5.78 Å². The van der Waals surface area contributed by atoms with Crippen LogP contribution in [0, 0.1) is 0 Å². The molecule has 0 aliphatic carbocycles. The highest BCUT2D eigenvalue weighted by atomic mass is 35.5. The second-order valence-electron chi connectivity index (χ2n) is 2.17. The molecule has 0 atom stereocenters. The highest BCUT2D eigenvalue weighted by Crippen LogP contribution is 2.25. The van der Waals surface area contributed by atoms with Gasteiger partial charge in [-0.3, -0.25) is 4.79 Å². The summed E-state index contributed by atoms with van der Waals surface area (Å²) in [5.41, 5.74) is -0.816. The maximum Gasteiger partial charge on any atom is 0.455 e. The number of alkyl halides is 3. The Kier molecular flexibility index (Phi) is 2.96. The van der Waals surface area contributed by atoms with Crippen LogP contribution in [0.1, 0.15) is 10.4 Å². The van der Waals surface area contributed by atoms with Gasteiger partial charge in [0.1, 0.15) is 5.15 Å². The van der Waals surface area contributed by atoms with Crippen molar-refractivity contribution in [2.24, 2.45) is 0 Å². The minimum atomic E-state index is -5.00. The van der Waals surface area contributed by atoms with Gasteiger partial charge in [0, 0.05) is 6.20 Å². The van der Waals surface area contributed by atoms with Crippen LogP contribution < -0.4 is 0 Å². The molecule has 0 amide bonds. The molecule has 0 radical (unpaired) electrons. The van der Waals surface area contributed by atoms with Gasteiger partial charge in [-0.2, -0.15) is 13.2 Å². The van der Waals surface area contributed by atoms with Crippen LogP contribution in [0.2, 0.25) is 10.4 Å². The largest absolute Gasteiger partial charge is 0.455 e. The first-order valence-corrected chi connectivity index (χ1v) is 3.87. The number of hydrogen-bond donors (Lipinski definition) is 0. The topological polar surface area (TPSA) is 42.9 Å². The van der Waals surface area contributed by atoms with Crippen molar-refractivity contribution in [3.05, 3.63) is 22.2 Å². The molecule has 0 bridgehead atoms. The highest BCUT2D eigenvalue weighted by molar-refractivity contribution is 6.34. The summed E-state index contributed by atoms with van der Waals surface area (Å²) in [5.74, 6) is -2.10. The second kappa shape index (κ2) is 3.70. The van der Waals surface area contributed by atoms with E-state index in [9.17, 15) is 18.0 Å². The fraction of sp³-hybridized carbons (Fsp3) is 0.167. The van der Waals surface area contributed by atoms with Gasteiger partial charge in [-0.1, -0.05) is 11.6 Å². The molecule has 0 aliphatic heterocycles. The Morgan fingerprint density at radius 3 is 2.36 bits per heavy atom. The fourth-order valence-electron chi connectivity index (χ4n) is 0.646. The van der Waals surface area contributed by atoms with E-state index in [-0.39, 0.29) is 5.28 Å². The minimum Gasteiger partial charge on any atom is -0.284 e. The van der Waals surface area contributed by atoms with Gasteiger partial charge in [-0.15, -0.1) is 0 Å². The monoisotopic (exact) mass is 244 g/mol. The lowest BCUT2D eigenvalue weighted by molar-refractivity contribution is -0.0885. The molecule has 0 saturated carbocycles. The highest BCUT2D eigenvalue weighted by Gasteiger charge is 2.40. The Labute approximate surface area is 85.9 Å². The van der Waals surface area contributed by atoms with Crippen LogP contribution in [0.5, 0.6) is 0 Å². The Balaban J connectivity index is 3.15. The number of aromatic nitrogens is 2. The zero-order valence-electron chi connectivity index (χ0n) is 6.27. The predicted molar refractivity (Wildman–Crippen MR) is 42.4 cm³/mol. The van der Waals surface area contributed by atoms with E-state index in [4.69, 9.17) is 23.2 Å². The first-order valence-electron chi connectivity index (χ1n) is 3.12. The Morgan fingerprint density at radius 2 is 1.93 bits per heavy atom. The van der Waals surface area contributed by atoms with Crippen LogP contribution in [0.4, 0.5) is 13.2 Å². The maximum atomic E-state index is 11.9. The molecule has 14 heavy (non-hydrogen) atoms. The molecule has 1 rings (SSSR count). The molecule has 3 nitrogen and oxygen atoms in total. The molecule has 0 unspecified atom stereocenters. The van der Waals surface area contributed by atoms with Crippen molar-refractivity contribution in [1.29, 1.82) is 0 Å². The number of carbonyl (C=O) groups excluding carboxylic acids is 1. The van der Waals surface area contributed by atoms with Crippen molar-refractivity contribution in [2.45, 2.75) is 6.18 Å². The molecule has 0 fully saturated rings. The maximum absolute atomic E-state index is 11.9. The zero-order chi connectivity index (χ0) is 10.9. The third-order valence-corrected chi connectivity index (χ3v) is 1.69. The number of carbonyl (C=O) groups is 1. The average molecular weight is 245 g/mol. The minimum absolute atomic E-state index is 0.325. The zero-order valence-corrected chi connectivity index (χ0v) is 7.78. The van der Waals surface area contributed by atoms with Crippen molar-refractivity contribution in [3.63, 3.8) is 0 Å². The quantitative estimate of drug-likeness (QED) is 0.433. The predicted octanol–water partition coefficient (Wildman–Crippen LogP) is 2.53. The summed E-state index contributed by atoms with van der Waals surface area (Å²) in [6.45, 7) is 0. The van der Waals surface area contributed by atoms with Crippen LogP contribution in [0.15, 0.2) is 6.20 Å². The molecule has 1 aromatic rings. The molecule has 0 aromatic carbocycles. The van der Waals surface area contributed by atoms with Gasteiger partial charge in [0.05, 0.1) is 5.56 Å². The van der Waals surface area contributed by atoms with Gasteiger partial charge in [-0.25, -0.2) is 9.97 Å². The lowest BCUT2D eigenvalue weighted by atomic mass is 10.2. The summed E-state index contributed by atoms with van der Waals surface area (Å²) in [6.07, 6.45) is -4.37. The molecule has 0 saturated heterocycles. The molecular formula is C6HCl2F3N2O. The van der Waals surface area contributed by atoms with E-state index >= 15 is 0 Å². The summed E-state index contributed by atoms with van der Waals surface area (Å²) in [4.78, 5) is 17.1. The Bertz CT molecular complexity index is 380. The summed E-state index contributed by atoms with van der Waals surface area (Å²) in [6, 6.07) is 0. The van der Waals surface area contributed by atoms with E-state index in [0.717, 1.165) is 0 Å². The number of ketones is 1. The standard InChI is InChI=1S/C6HCl2F3N2O/c7-4-2(1-12-5(8)13-4)3(14)6(9,10)11/h1H. The first-order chi connectivity index (χ1) is 6.32. The Hall–Kier alpha value is -0.880. The number of rotatable bonds is 1. The molecule has 8 heteroatoms. The van der Waals surface area contributed by atoms with Gasteiger partial charge >= 0.3 is 6.18 Å². The Morgan fingerprint density at radius 1 is 1.36 bits per heavy atom. The lowest BCUT2D eigenvalue weighted by Gasteiger charge is -2.05. The number of hydrogen-bond acceptors (Lipinski definition) is 3. The van der Waals surface area contributed by atoms with Crippen LogP contribution in [0.25, 0.3) is 0 Å². The van der Waals surface area contributed by atoms with E-state index < -0.39 is 22.7 Å². The van der Waals surface area contributed by atoms with E-state index in [1.165, 1.54) is 0 Å². The van der Waals surface area contributed by atoms with E-state index in [2.05, 4.69) is 9.97 Å². The summed E-state index contributed by atoms with van der Waals surface area (Å²) in [7, 11) is 0. The second-order valence-corrected chi connectivity index (χ2v) is 2.87. The van der Waals surface area contributed by atoms with E-state index in [0.29, 0.717) is 6.20 Å². The van der Waals surface area contributed by atoms with Crippen LogP contribution in [-0.4, -0.2) is 21.9 Å². The molecule has 1 heterocycles. The SMILES string of the molecule is O=C(c1cnc(Cl)nc1Cl)C(F)(F)F. The molecule has 76 valence electrons. The van der Waals surface area contributed by atoms with Crippen molar-refractivity contribution in [1.82, 2.24) is 9.97 Å². The molecule has 0 N–H and O–H groups in total. The van der Waals surface area contributed by atoms with Crippen molar-refractivity contribution < 1.29 is 18.0 Å². The van der Waals surface area contributed by atoms with Crippen molar-refractivity contribution in [3.8, 4) is 0 Å². The number of Topliss-reactive ketones (excluding diaryl/α,β-unsaturated/α-hetero) is 1. The van der Waals surface area contributed by atoms with E-state index in [1.54, 1.807) is 0 Å². The van der Waals surface area contributed by atoms with Gasteiger partial charge < -0.3 is 0 Å².